The maximum absolute atomic E-state index is 11.7. The van der Waals surface area contributed by atoms with Crippen LogP contribution in [0.4, 0.5) is 0 Å². The minimum atomic E-state index is 0.333. The summed E-state index contributed by atoms with van der Waals surface area (Å²) in [6.07, 6.45) is 5.40. The molecule has 1 saturated heterocycles. The van der Waals surface area contributed by atoms with Crippen molar-refractivity contribution in [3.63, 3.8) is 0 Å². The molecule has 2 fully saturated rings. The van der Waals surface area contributed by atoms with E-state index in [-0.39, 0.29) is 0 Å². The van der Waals surface area contributed by atoms with Gasteiger partial charge in [0.25, 0.3) is 0 Å². The second kappa shape index (κ2) is 3.56. The predicted octanol–water partition coefficient (Wildman–Crippen LogP) is 1.78. The molecule has 1 atom stereocenters. The van der Waals surface area contributed by atoms with Gasteiger partial charge in [-0.05, 0) is 32.1 Å². The molecule has 2 heteroatoms. The first-order chi connectivity index (χ1) is 5.88. The molecule has 1 saturated carbocycles. The lowest BCUT2D eigenvalue weighted by Gasteiger charge is -2.10. The number of carbonyl (C=O) groups is 1. The average molecular weight is 168 g/mol. The van der Waals surface area contributed by atoms with E-state index in [4.69, 9.17) is 4.74 Å². The number of carbonyl (C=O) groups excluding carboxylic acids is 1. The van der Waals surface area contributed by atoms with E-state index >= 15 is 0 Å². The molecule has 0 radical (unpaired) electrons. The van der Waals surface area contributed by atoms with Gasteiger partial charge >= 0.3 is 0 Å². The molecule has 0 spiro atoms. The number of hydrogen-bond acceptors (Lipinski definition) is 2. The van der Waals surface area contributed by atoms with Crippen molar-refractivity contribution >= 4 is 5.78 Å². The fourth-order valence-corrected chi connectivity index (χ4v) is 1.89. The predicted molar refractivity (Wildman–Crippen MR) is 45.9 cm³/mol. The lowest BCUT2D eigenvalue weighted by Crippen LogP contribution is -2.16. The molecule has 1 unspecified atom stereocenters. The normalized spacial score (nSPS) is 31.2. The van der Waals surface area contributed by atoms with Crippen LogP contribution < -0.4 is 0 Å². The van der Waals surface area contributed by atoms with E-state index in [1.807, 2.05) is 0 Å². The van der Waals surface area contributed by atoms with Crippen LogP contribution in [-0.4, -0.2) is 19.0 Å². The molecule has 1 aliphatic carbocycles. The smallest absolute Gasteiger partial charge is 0.139 e. The van der Waals surface area contributed by atoms with Crippen molar-refractivity contribution in [2.45, 2.75) is 32.1 Å². The van der Waals surface area contributed by atoms with E-state index in [9.17, 15) is 4.79 Å². The molecule has 0 bridgehead atoms. The zero-order valence-electron chi connectivity index (χ0n) is 7.42. The first kappa shape index (κ1) is 8.24. The van der Waals surface area contributed by atoms with Gasteiger partial charge in [0.1, 0.15) is 5.78 Å². The zero-order chi connectivity index (χ0) is 8.39. The summed E-state index contributed by atoms with van der Waals surface area (Å²) in [6, 6.07) is 0. The summed E-state index contributed by atoms with van der Waals surface area (Å²) in [5, 5.41) is 0. The minimum absolute atomic E-state index is 0.333. The molecule has 2 aliphatic rings. The van der Waals surface area contributed by atoms with E-state index in [2.05, 4.69) is 0 Å². The van der Waals surface area contributed by atoms with Crippen LogP contribution in [0.15, 0.2) is 0 Å². The molecule has 0 aromatic heterocycles. The highest BCUT2D eigenvalue weighted by Gasteiger charge is 2.34. The van der Waals surface area contributed by atoms with Gasteiger partial charge in [0.15, 0.2) is 0 Å². The largest absolute Gasteiger partial charge is 0.381 e. The Morgan fingerprint density at radius 3 is 2.50 bits per heavy atom. The Bertz CT molecular complexity index is 165. The first-order valence-electron chi connectivity index (χ1n) is 4.99. The van der Waals surface area contributed by atoms with Gasteiger partial charge in [0, 0.05) is 25.0 Å². The third kappa shape index (κ3) is 1.86. The summed E-state index contributed by atoms with van der Waals surface area (Å²) >= 11 is 0. The van der Waals surface area contributed by atoms with Crippen LogP contribution in [0.2, 0.25) is 0 Å². The molecular formula is C10H16O2. The summed E-state index contributed by atoms with van der Waals surface area (Å²) in [7, 11) is 0. The summed E-state index contributed by atoms with van der Waals surface area (Å²) in [4.78, 5) is 11.7. The summed E-state index contributed by atoms with van der Waals surface area (Å²) in [5.74, 6) is 1.30. The number of rotatable bonds is 2. The Kier molecular flexibility index (Phi) is 2.45. The van der Waals surface area contributed by atoms with Crippen LogP contribution in [0.3, 0.4) is 0 Å². The monoisotopic (exact) mass is 168 g/mol. The Hall–Kier alpha value is -0.370. The molecule has 0 amide bonds. The van der Waals surface area contributed by atoms with Crippen LogP contribution in [-0.2, 0) is 9.53 Å². The number of Topliss-reactive ketones (excluding diaryl/α,β-unsaturated/α-hetero) is 1. The molecule has 0 N–H and O–H groups in total. The van der Waals surface area contributed by atoms with Crippen LogP contribution in [0.5, 0.6) is 0 Å². The molecule has 0 aromatic carbocycles. The van der Waals surface area contributed by atoms with Crippen LogP contribution in [0.25, 0.3) is 0 Å². The van der Waals surface area contributed by atoms with Gasteiger partial charge in [-0.2, -0.15) is 0 Å². The fraction of sp³-hybridized carbons (Fsp3) is 0.900. The van der Waals surface area contributed by atoms with Crippen LogP contribution in [0, 0.1) is 11.8 Å². The van der Waals surface area contributed by atoms with E-state index in [1.54, 1.807) is 0 Å². The van der Waals surface area contributed by atoms with Gasteiger partial charge in [0.2, 0.25) is 0 Å². The van der Waals surface area contributed by atoms with Gasteiger partial charge in [-0.3, -0.25) is 4.79 Å². The van der Waals surface area contributed by atoms with E-state index in [0.29, 0.717) is 17.6 Å². The lowest BCUT2D eigenvalue weighted by molar-refractivity contribution is -0.124. The second-order valence-corrected chi connectivity index (χ2v) is 3.92. The number of hydrogen-bond donors (Lipinski definition) is 0. The number of ketones is 1. The Morgan fingerprint density at radius 1 is 1.00 bits per heavy atom. The van der Waals surface area contributed by atoms with E-state index < -0.39 is 0 Å². The van der Waals surface area contributed by atoms with Crippen molar-refractivity contribution in [2.75, 3.05) is 13.2 Å². The van der Waals surface area contributed by atoms with Crippen LogP contribution in [0.1, 0.15) is 32.1 Å². The molecule has 2 nitrogen and oxygen atoms in total. The van der Waals surface area contributed by atoms with Crippen molar-refractivity contribution in [3.05, 3.63) is 0 Å². The molecular weight excluding hydrogens is 152 g/mol. The van der Waals surface area contributed by atoms with Gasteiger partial charge < -0.3 is 4.74 Å². The van der Waals surface area contributed by atoms with Gasteiger partial charge in [-0.1, -0.05) is 0 Å². The SMILES string of the molecule is O=C(C1CCCOCC1)C1CC1. The molecule has 68 valence electrons. The Balaban J connectivity index is 1.87. The lowest BCUT2D eigenvalue weighted by atomic mass is 9.93. The quantitative estimate of drug-likeness (QED) is 0.628. The van der Waals surface area contributed by atoms with Crippen molar-refractivity contribution in [1.29, 1.82) is 0 Å². The zero-order valence-corrected chi connectivity index (χ0v) is 7.42. The average Bonchev–Trinajstić information content (AvgIpc) is 2.92. The Morgan fingerprint density at radius 2 is 1.75 bits per heavy atom. The third-order valence-electron chi connectivity index (χ3n) is 2.83. The summed E-state index contributed by atoms with van der Waals surface area (Å²) < 4.78 is 5.32. The molecule has 1 heterocycles. The molecule has 0 aromatic rings. The highest BCUT2D eigenvalue weighted by atomic mass is 16.5. The van der Waals surface area contributed by atoms with Crippen LogP contribution >= 0.6 is 0 Å². The van der Waals surface area contributed by atoms with Crippen molar-refractivity contribution < 1.29 is 9.53 Å². The minimum Gasteiger partial charge on any atom is -0.381 e. The molecule has 2 rings (SSSR count). The topological polar surface area (TPSA) is 26.3 Å². The summed E-state index contributed by atoms with van der Waals surface area (Å²) in [6.45, 7) is 1.65. The van der Waals surface area contributed by atoms with Gasteiger partial charge in [0.05, 0.1) is 0 Å². The van der Waals surface area contributed by atoms with Gasteiger partial charge in [-0.25, -0.2) is 0 Å². The molecule has 1 aliphatic heterocycles. The van der Waals surface area contributed by atoms with Crippen molar-refractivity contribution in [1.82, 2.24) is 0 Å². The van der Waals surface area contributed by atoms with Gasteiger partial charge in [-0.15, -0.1) is 0 Å². The number of ether oxygens (including phenoxy) is 1. The highest BCUT2D eigenvalue weighted by molar-refractivity contribution is 5.85. The second-order valence-electron chi connectivity index (χ2n) is 3.92. The van der Waals surface area contributed by atoms with E-state index in [0.717, 1.165) is 45.3 Å². The van der Waals surface area contributed by atoms with Crippen molar-refractivity contribution in [3.8, 4) is 0 Å². The molecule has 12 heavy (non-hydrogen) atoms. The first-order valence-corrected chi connectivity index (χ1v) is 4.99. The highest BCUT2D eigenvalue weighted by Crippen LogP contribution is 2.35. The Labute approximate surface area is 73.3 Å². The third-order valence-corrected chi connectivity index (χ3v) is 2.83. The maximum atomic E-state index is 11.7. The maximum Gasteiger partial charge on any atom is 0.139 e. The summed E-state index contributed by atoms with van der Waals surface area (Å²) in [5.41, 5.74) is 0. The standard InChI is InChI=1S/C10H16O2/c11-10(9-3-4-9)8-2-1-6-12-7-5-8/h8-9H,1-7H2. The van der Waals surface area contributed by atoms with E-state index in [1.165, 1.54) is 0 Å². The fourth-order valence-electron chi connectivity index (χ4n) is 1.89. The van der Waals surface area contributed by atoms with Crippen molar-refractivity contribution in [2.24, 2.45) is 11.8 Å².